The molecule has 0 aliphatic heterocycles. The molecule has 0 aliphatic carbocycles. The molecule has 0 heterocycles. The molecule has 6 N–H and O–H groups in total. The van der Waals surface area contributed by atoms with E-state index >= 15 is 0 Å². The number of nitrogen functional groups attached to an aromatic ring is 1. The van der Waals surface area contributed by atoms with E-state index in [9.17, 15) is 9.59 Å². The van der Waals surface area contributed by atoms with Crippen molar-refractivity contribution in [3.8, 4) is 11.5 Å². The molecule has 0 bridgehead atoms. The molecule has 9 heteroatoms. The number of rotatable bonds is 10. The van der Waals surface area contributed by atoms with Crippen LogP contribution < -0.4 is 31.4 Å². The summed E-state index contributed by atoms with van der Waals surface area (Å²) in [6.45, 7) is 4.63. The fourth-order valence-electron chi connectivity index (χ4n) is 3.31. The second-order valence-corrected chi connectivity index (χ2v) is 7.45. The predicted octanol–water partition coefficient (Wildman–Crippen LogP) is 3.38. The number of nitrogens with two attached hydrogens (primary N) is 1. The highest BCUT2D eigenvalue weighted by Crippen LogP contribution is 2.32. The molecular weight excluding hydrogens is 446 g/mol. The van der Waals surface area contributed by atoms with Gasteiger partial charge in [0.15, 0.2) is 11.5 Å². The average Bonchev–Trinajstić information content (AvgIpc) is 2.87. The molecular formula is C26H29N5O4. The van der Waals surface area contributed by atoms with Crippen molar-refractivity contribution in [2.24, 2.45) is 5.73 Å². The molecule has 9 nitrogen and oxygen atoms in total. The Labute approximate surface area is 204 Å². The molecule has 35 heavy (non-hydrogen) atoms. The first kappa shape index (κ1) is 25.1. The molecule has 0 aliphatic rings. The van der Waals surface area contributed by atoms with Crippen LogP contribution >= 0.6 is 0 Å². The SMILES string of the molecule is CCOc1ccc(C(Nc2ccc(C(=N)N)cc2)C(=O)NNC(=O)c2ccccc2)cc1OCC. The quantitative estimate of drug-likeness (QED) is 0.173. The molecule has 182 valence electrons. The summed E-state index contributed by atoms with van der Waals surface area (Å²) in [4.78, 5) is 25.6. The van der Waals surface area contributed by atoms with E-state index in [0.29, 0.717) is 47.1 Å². The summed E-state index contributed by atoms with van der Waals surface area (Å²) in [5.41, 5.74) is 12.7. The molecule has 1 unspecified atom stereocenters. The lowest BCUT2D eigenvalue weighted by atomic mass is 10.0. The zero-order chi connectivity index (χ0) is 25.2. The highest BCUT2D eigenvalue weighted by molar-refractivity contribution is 5.97. The van der Waals surface area contributed by atoms with Crippen LogP contribution in [0.4, 0.5) is 5.69 Å². The van der Waals surface area contributed by atoms with E-state index in [-0.39, 0.29) is 5.84 Å². The van der Waals surface area contributed by atoms with Crippen molar-refractivity contribution in [1.82, 2.24) is 10.9 Å². The summed E-state index contributed by atoms with van der Waals surface area (Å²) in [6, 6.07) is 19.7. The van der Waals surface area contributed by atoms with E-state index in [1.54, 1.807) is 72.8 Å². The van der Waals surface area contributed by atoms with Crippen molar-refractivity contribution in [3.63, 3.8) is 0 Å². The van der Waals surface area contributed by atoms with Crippen LogP contribution in [0, 0.1) is 5.41 Å². The Balaban J connectivity index is 1.87. The van der Waals surface area contributed by atoms with Crippen LogP contribution in [-0.2, 0) is 4.79 Å². The van der Waals surface area contributed by atoms with Crippen LogP contribution in [0.2, 0.25) is 0 Å². The van der Waals surface area contributed by atoms with Crippen molar-refractivity contribution < 1.29 is 19.1 Å². The third kappa shape index (κ3) is 6.73. The molecule has 3 aromatic carbocycles. The van der Waals surface area contributed by atoms with Crippen LogP contribution in [0.25, 0.3) is 0 Å². The van der Waals surface area contributed by atoms with Gasteiger partial charge in [0.05, 0.1) is 13.2 Å². The predicted molar refractivity (Wildman–Crippen MR) is 135 cm³/mol. The maximum atomic E-state index is 13.2. The number of amides is 2. The highest BCUT2D eigenvalue weighted by atomic mass is 16.5. The van der Waals surface area contributed by atoms with Gasteiger partial charge >= 0.3 is 0 Å². The van der Waals surface area contributed by atoms with E-state index < -0.39 is 17.9 Å². The van der Waals surface area contributed by atoms with Gasteiger partial charge in [-0.25, -0.2) is 0 Å². The van der Waals surface area contributed by atoms with E-state index in [0.717, 1.165) is 0 Å². The summed E-state index contributed by atoms with van der Waals surface area (Å²) in [6.07, 6.45) is 0. The number of hydrogen-bond donors (Lipinski definition) is 5. The van der Waals surface area contributed by atoms with Gasteiger partial charge in [-0.15, -0.1) is 0 Å². The van der Waals surface area contributed by atoms with Gasteiger partial charge in [0, 0.05) is 16.8 Å². The Bertz CT molecular complexity index is 1170. The van der Waals surface area contributed by atoms with E-state index in [2.05, 4.69) is 16.2 Å². The summed E-state index contributed by atoms with van der Waals surface area (Å²) in [7, 11) is 0. The Morgan fingerprint density at radius 1 is 0.857 bits per heavy atom. The lowest BCUT2D eigenvalue weighted by molar-refractivity contribution is -0.122. The number of benzene rings is 3. The Morgan fingerprint density at radius 2 is 1.51 bits per heavy atom. The topological polar surface area (TPSA) is 139 Å². The minimum atomic E-state index is -0.885. The molecule has 1 atom stereocenters. The minimum absolute atomic E-state index is 0.0534. The van der Waals surface area contributed by atoms with Gasteiger partial charge in [-0.1, -0.05) is 24.3 Å². The largest absolute Gasteiger partial charge is 0.490 e. The minimum Gasteiger partial charge on any atom is -0.490 e. The Morgan fingerprint density at radius 3 is 2.14 bits per heavy atom. The lowest BCUT2D eigenvalue weighted by Crippen LogP contribution is -2.45. The van der Waals surface area contributed by atoms with Gasteiger partial charge in [-0.3, -0.25) is 25.8 Å². The van der Waals surface area contributed by atoms with Gasteiger partial charge in [0.2, 0.25) is 0 Å². The zero-order valence-corrected chi connectivity index (χ0v) is 19.6. The van der Waals surface area contributed by atoms with Gasteiger partial charge in [0.25, 0.3) is 11.8 Å². The second-order valence-electron chi connectivity index (χ2n) is 7.45. The van der Waals surface area contributed by atoms with Crippen molar-refractivity contribution in [3.05, 3.63) is 89.5 Å². The number of hydrogen-bond acceptors (Lipinski definition) is 6. The maximum absolute atomic E-state index is 13.2. The third-order valence-corrected chi connectivity index (χ3v) is 5.01. The molecule has 0 saturated heterocycles. The summed E-state index contributed by atoms with van der Waals surface area (Å²) < 4.78 is 11.3. The zero-order valence-electron chi connectivity index (χ0n) is 19.6. The van der Waals surface area contributed by atoms with Crippen LogP contribution in [0.3, 0.4) is 0 Å². The molecule has 0 spiro atoms. The van der Waals surface area contributed by atoms with E-state index in [4.69, 9.17) is 20.6 Å². The molecule has 0 saturated carbocycles. The van der Waals surface area contributed by atoms with Gasteiger partial charge in [-0.2, -0.15) is 0 Å². The summed E-state index contributed by atoms with van der Waals surface area (Å²) in [5, 5.41) is 10.7. The fourth-order valence-corrected chi connectivity index (χ4v) is 3.31. The molecule has 0 fully saturated rings. The lowest BCUT2D eigenvalue weighted by Gasteiger charge is -2.22. The second kappa shape index (κ2) is 12.1. The van der Waals surface area contributed by atoms with E-state index in [1.165, 1.54) is 0 Å². The number of anilines is 1. The smallest absolute Gasteiger partial charge is 0.269 e. The maximum Gasteiger partial charge on any atom is 0.269 e. The van der Waals surface area contributed by atoms with Crippen molar-refractivity contribution in [2.45, 2.75) is 19.9 Å². The van der Waals surface area contributed by atoms with Crippen LogP contribution in [0.5, 0.6) is 11.5 Å². The monoisotopic (exact) mass is 475 g/mol. The Kier molecular flexibility index (Phi) is 8.66. The average molecular weight is 476 g/mol. The number of nitrogens with one attached hydrogen (secondary N) is 4. The first-order valence-corrected chi connectivity index (χ1v) is 11.2. The number of amidine groups is 1. The van der Waals surface area contributed by atoms with Crippen molar-refractivity contribution in [2.75, 3.05) is 18.5 Å². The number of carbonyl (C=O) groups excluding carboxylic acids is 2. The molecule has 3 aromatic rings. The van der Waals surface area contributed by atoms with Crippen molar-refractivity contribution >= 4 is 23.3 Å². The summed E-state index contributed by atoms with van der Waals surface area (Å²) in [5.74, 6) is 0.0937. The molecule has 2 amide bonds. The highest BCUT2D eigenvalue weighted by Gasteiger charge is 2.23. The van der Waals surface area contributed by atoms with E-state index in [1.807, 2.05) is 13.8 Å². The first-order chi connectivity index (χ1) is 16.9. The molecule has 0 aromatic heterocycles. The van der Waals surface area contributed by atoms with Crippen LogP contribution in [-0.4, -0.2) is 30.9 Å². The number of ether oxygens (including phenoxy) is 2. The van der Waals surface area contributed by atoms with Gasteiger partial charge in [0.1, 0.15) is 11.9 Å². The number of carbonyl (C=O) groups is 2. The standard InChI is InChI=1S/C26H29N5O4/c1-3-34-21-15-12-19(16-22(21)35-4-2)23(29-20-13-10-17(11-14-20)24(27)28)26(33)31-30-25(32)18-8-6-5-7-9-18/h5-16,23,29H,3-4H2,1-2H3,(H3,27,28)(H,30,32)(H,31,33). The fraction of sp³-hybridized carbons (Fsp3) is 0.192. The molecule has 0 radical (unpaired) electrons. The summed E-state index contributed by atoms with van der Waals surface area (Å²) >= 11 is 0. The number of hydrazine groups is 1. The third-order valence-electron chi connectivity index (χ3n) is 5.01. The van der Waals surface area contributed by atoms with Crippen molar-refractivity contribution in [1.29, 1.82) is 5.41 Å². The van der Waals surface area contributed by atoms with Gasteiger partial charge in [-0.05, 0) is 67.9 Å². The molecule has 3 rings (SSSR count). The van der Waals surface area contributed by atoms with Crippen LogP contribution in [0.15, 0.2) is 72.8 Å². The first-order valence-electron chi connectivity index (χ1n) is 11.2. The van der Waals surface area contributed by atoms with Crippen LogP contribution in [0.1, 0.15) is 41.4 Å². The Hall–Kier alpha value is -4.53. The normalized spacial score (nSPS) is 11.1. The van der Waals surface area contributed by atoms with Gasteiger partial charge < -0.3 is 20.5 Å².